The van der Waals surface area contributed by atoms with E-state index in [4.69, 9.17) is 0 Å². The van der Waals surface area contributed by atoms with Crippen molar-refractivity contribution in [3.05, 3.63) is 59.2 Å². The number of hydrogen-bond donors (Lipinski definition) is 3. The average molecular weight is 426 g/mol. The summed E-state index contributed by atoms with van der Waals surface area (Å²) in [5.74, 6) is -0.222. The highest BCUT2D eigenvalue weighted by Gasteiger charge is 2.16. The van der Waals surface area contributed by atoms with Crippen LogP contribution in [0.25, 0.3) is 0 Å². The number of benzene rings is 2. The zero-order valence-corrected chi connectivity index (χ0v) is 18.0. The number of sulfonamides is 1. The number of aryl methyl sites for hydroxylation is 1. The summed E-state index contributed by atoms with van der Waals surface area (Å²) in [7, 11) is -3.71. The van der Waals surface area contributed by atoms with Crippen molar-refractivity contribution in [1.29, 1.82) is 0 Å². The van der Waals surface area contributed by atoms with Crippen molar-refractivity contribution in [2.45, 2.75) is 32.1 Å². The molecule has 8 heteroatoms. The first-order valence-corrected chi connectivity index (χ1v) is 10.5. The lowest BCUT2D eigenvalue weighted by Crippen LogP contribution is -2.32. The molecule has 28 heavy (non-hydrogen) atoms. The molecule has 0 heterocycles. The third kappa shape index (κ3) is 6.51. The molecule has 2 aromatic carbocycles. The molecule has 0 spiro atoms. The molecule has 0 radical (unpaired) electrons. The van der Waals surface area contributed by atoms with Gasteiger partial charge in [0.25, 0.3) is 15.9 Å². The van der Waals surface area contributed by atoms with E-state index in [1.165, 1.54) is 24.3 Å². The van der Waals surface area contributed by atoms with Gasteiger partial charge in [-0.1, -0.05) is 19.1 Å². The highest BCUT2D eigenvalue weighted by molar-refractivity contribution is 7.92. The molecule has 0 atom stereocenters. The van der Waals surface area contributed by atoms with E-state index in [0.717, 1.165) is 24.1 Å². The van der Waals surface area contributed by atoms with Gasteiger partial charge in [0.1, 0.15) is 0 Å². The van der Waals surface area contributed by atoms with Crippen molar-refractivity contribution >= 4 is 34.0 Å². The van der Waals surface area contributed by atoms with Gasteiger partial charge in [-0.25, -0.2) is 8.42 Å². The highest BCUT2D eigenvalue weighted by atomic mass is 35.5. The quantitative estimate of drug-likeness (QED) is 0.538. The minimum absolute atomic E-state index is 0. The summed E-state index contributed by atoms with van der Waals surface area (Å²) in [6, 6.07) is 11.4. The first-order chi connectivity index (χ1) is 12.8. The predicted molar refractivity (Wildman–Crippen MR) is 116 cm³/mol. The van der Waals surface area contributed by atoms with E-state index in [-0.39, 0.29) is 23.2 Å². The van der Waals surface area contributed by atoms with Crippen LogP contribution in [0.4, 0.5) is 5.69 Å². The molecule has 3 N–H and O–H groups in total. The lowest BCUT2D eigenvalue weighted by Gasteiger charge is -2.12. The third-order valence-electron chi connectivity index (χ3n) is 4.29. The topological polar surface area (TPSA) is 87.3 Å². The van der Waals surface area contributed by atoms with Crippen molar-refractivity contribution in [2.24, 2.45) is 0 Å². The summed E-state index contributed by atoms with van der Waals surface area (Å²) in [6.07, 6.45) is 1.04. The van der Waals surface area contributed by atoms with Crippen LogP contribution < -0.4 is 15.4 Å². The second kappa shape index (κ2) is 11.0. The van der Waals surface area contributed by atoms with Gasteiger partial charge in [-0.05, 0) is 68.3 Å². The normalized spacial score (nSPS) is 10.8. The van der Waals surface area contributed by atoms with Crippen molar-refractivity contribution in [3.63, 3.8) is 0 Å². The SMILES string of the molecule is CCCNCCNC(=O)c1ccc(S(=O)(=O)Nc2cccc(C)c2C)cc1.Cl. The Morgan fingerprint density at radius 1 is 0.964 bits per heavy atom. The van der Waals surface area contributed by atoms with Gasteiger partial charge >= 0.3 is 0 Å². The molecule has 0 aliphatic carbocycles. The van der Waals surface area contributed by atoms with Gasteiger partial charge < -0.3 is 10.6 Å². The van der Waals surface area contributed by atoms with E-state index in [1.807, 2.05) is 26.0 Å². The van der Waals surface area contributed by atoms with E-state index >= 15 is 0 Å². The van der Waals surface area contributed by atoms with Crippen LogP contribution in [0.5, 0.6) is 0 Å². The summed E-state index contributed by atoms with van der Waals surface area (Å²) < 4.78 is 27.8. The zero-order valence-electron chi connectivity index (χ0n) is 16.4. The number of amides is 1. The highest BCUT2D eigenvalue weighted by Crippen LogP contribution is 2.22. The molecule has 0 saturated heterocycles. The average Bonchev–Trinajstić information content (AvgIpc) is 2.65. The second-order valence-electron chi connectivity index (χ2n) is 6.38. The molecule has 0 saturated carbocycles. The Hall–Kier alpha value is -2.09. The van der Waals surface area contributed by atoms with Crippen LogP contribution in [-0.2, 0) is 10.0 Å². The largest absolute Gasteiger partial charge is 0.351 e. The Kier molecular flexibility index (Phi) is 9.45. The van der Waals surface area contributed by atoms with E-state index in [2.05, 4.69) is 22.3 Å². The second-order valence-corrected chi connectivity index (χ2v) is 8.07. The number of rotatable bonds is 9. The molecule has 154 valence electrons. The summed E-state index contributed by atoms with van der Waals surface area (Å²) in [5, 5.41) is 6.00. The standard InChI is InChI=1S/C20H27N3O3S.ClH/c1-4-12-21-13-14-22-20(24)17-8-10-18(11-9-17)27(25,26)23-19-7-5-6-15(2)16(19)3;/h5-11,21,23H,4,12-14H2,1-3H3,(H,22,24);1H. The number of anilines is 1. The predicted octanol–water partition coefficient (Wildman–Crippen LogP) is 3.26. The zero-order chi connectivity index (χ0) is 19.9. The van der Waals surface area contributed by atoms with E-state index in [9.17, 15) is 13.2 Å². The van der Waals surface area contributed by atoms with Crippen molar-refractivity contribution in [2.75, 3.05) is 24.4 Å². The summed E-state index contributed by atoms with van der Waals surface area (Å²) >= 11 is 0. The van der Waals surface area contributed by atoms with Gasteiger partial charge in [-0.3, -0.25) is 9.52 Å². The summed E-state index contributed by atoms with van der Waals surface area (Å²) in [5.41, 5.74) is 2.87. The minimum atomic E-state index is -3.71. The van der Waals surface area contributed by atoms with Crippen LogP contribution in [0.15, 0.2) is 47.4 Å². The number of carbonyl (C=O) groups excluding carboxylic acids is 1. The Morgan fingerprint density at radius 3 is 2.29 bits per heavy atom. The number of carbonyl (C=O) groups is 1. The third-order valence-corrected chi connectivity index (χ3v) is 5.67. The molecule has 0 aliphatic rings. The van der Waals surface area contributed by atoms with Gasteiger partial charge in [0.05, 0.1) is 10.6 Å². The Bertz CT molecular complexity index is 884. The molecule has 6 nitrogen and oxygen atoms in total. The number of hydrogen-bond acceptors (Lipinski definition) is 4. The molecule has 0 aliphatic heterocycles. The van der Waals surface area contributed by atoms with Gasteiger partial charge in [0, 0.05) is 18.7 Å². The van der Waals surface area contributed by atoms with Crippen LogP contribution in [0.1, 0.15) is 34.8 Å². The Labute approximate surface area is 173 Å². The maximum Gasteiger partial charge on any atom is 0.261 e. The maximum atomic E-state index is 12.6. The Balaban J connectivity index is 0.00000392. The molecule has 0 fully saturated rings. The van der Waals surface area contributed by atoms with Crippen LogP contribution >= 0.6 is 12.4 Å². The van der Waals surface area contributed by atoms with E-state index < -0.39 is 10.0 Å². The molecular formula is C20H28ClN3O3S. The van der Waals surface area contributed by atoms with Crippen LogP contribution in [0.3, 0.4) is 0 Å². The molecule has 0 bridgehead atoms. The van der Waals surface area contributed by atoms with Crippen LogP contribution in [-0.4, -0.2) is 34.0 Å². The molecule has 1 amide bonds. The van der Waals surface area contributed by atoms with Crippen molar-refractivity contribution < 1.29 is 13.2 Å². The number of nitrogens with one attached hydrogen (secondary N) is 3. The van der Waals surface area contributed by atoms with Crippen LogP contribution in [0, 0.1) is 13.8 Å². The van der Waals surface area contributed by atoms with Crippen LogP contribution in [0.2, 0.25) is 0 Å². The lowest BCUT2D eigenvalue weighted by atomic mass is 10.1. The van der Waals surface area contributed by atoms with Gasteiger partial charge in [-0.2, -0.15) is 0 Å². The molecule has 2 rings (SSSR count). The smallest absolute Gasteiger partial charge is 0.261 e. The molecule has 2 aromatic rings. The Morgan fingerprint density at radius 2 is 1.64 bits per heavy atom. The van der Waals surface area contributed by atoms with Gasteiger partial charge in [-0.15, -0.1) is 12.4 Å². The van der Waals surface area contributed by atoms with E-state index in [1.54, 1.807) is 6.07 Å². The van der Waals surface area contributed by atoms with Crippen molar-refractivity contribution in [1.82, 2.24) is 10.6 Å². The molecule has 0 unspecified atom stereocenters. The number of halogens is 1. The fourth-order valence-electron chi connectivity index (χ4n) is 2.52. The minimum Gasteiger partial charge on any atom is -0.351 e. The first-order valence-electron chi connectivity index (χ1n) is 9.03. The first kappa shape index (κ1) is 23.9. The fourth-order valence-corrected chi connectivity index (χ4v) is 3.64. The van der Waals surface area contributed by atoms with Gasteiger partial charge in [0.2, 0.25) is 0 Å². The van der Waals surface area contributed by atoms with Crippen molar-refractivity contribution in [3.8, 4) is 0 Å². The monoisotopic (exact) mass is 425 g/mol. The summed E-state index contributed by atoms with van der Waals surface area (Å²) in [6.45, 7) is 8.01. The molecule has 0 aromatic heterocycles. The molecular weight excluding hydrogens is 398 g/mol. The fraction of sp³-hybridized carbons (Fsp3) is 0.350. The van der Waals surface area contributed by atoms with E-state index in [0.29, 0.717) is 24.3 Å². The van der Waals surface area contributed by atoms with Gasteiger partial charge in [0.15, 0.2) is 0 Å². The maximum absolute atomic E-state index is 12.6. The lowest BCUT2D eigenvalue weighted by molar-refractivity contribution is 0.0954. The summed E-state index contributed by atoms with van der Waals surface area (Å²) in [4.78, 5) is 12.2.